The molecule has 0 unspecified atom stereocenters. The molecule has 0 aromatic carbocycles. The third-order valence-electron chi connectivity index (χ3n) is 1.48. The Hall–Kier alpha value is -1.09. The van der Waals surface area contributed by atoms with Gasteiger partial charge in [0.05, 0.1) is 0 Å². The van der Waals surface area contributed by atoms with Crippen molar-refractivity contribution in [3.05, 3.63) is 24.8 Å². The van der Waals surface area contributed by atoms with Crippen LogP contribution in [0.25, 0.3) is 0 Å². The molecule has 1 aliphatic rings. The van der Waals surface area contributed by atoms with E-state index in [1.807, 2.05) is 0 Å². The van der Waals surface area contributed by atoms with E-state index in [1.54, 1.807) is 6.08 Å². The first kappa shape index (κ1) is 8.01. The lowest BCUT2D eigenvalue weighted by Crippen LogP contribution is -2.32. The van der Waals surface area contributed by atoms with Crippen molar-refractivity contribution in [1.29, 1.82) is 0 Å². The van der Waals surface area contributed by atoms with E-state index < -0.39 is 18.2 Å². The molecule has 3 nitrogen and oxygen atoms in total. The summed E-state index contributed by atoms with van der Waals surface area (Å²) in [6, 6.07) is 0. The quantitative estimate of drug-likeness (QED) is 0.462. The van der Waals surface area contributed by atoms with Gasteiger partial charge < -0.3 is 9.84 Å². The third-order valence-corrected chi connectivity index (χ3v) is 1.48. The summed E-state index contributed by atoms with van der Waals surface area (Å²) >= 11 is 0. The van der Waals surface area contributed by atoms with Crippen LogP contribution in [0.1, 0.15) is 6.42 Å². The second-order valence-electron chi connectivity index (χ2n) is 2.35. The lowest BCUT2D eigenvalue weighted by Gasteiger charge is -2.21. The maximum atomic E-state index is 10.6. The number of carbonyl (C=O) groups excluding carboxylic acids is 1. The summed E-state index contributed by atoms with van der Waals surface area (Å²) in [6.45, 7) is 3.49. The molecule has 0 aliphatic carbocycles. The Morgan fingerprint density at radius 3 is 3.18 bits per heavy atom. The molecule has 3 heteroatoms. The molecule has 60 valence electrons. The minimum Gasteiger partial charge on any atom is -0.456 e. The Balaban J connectivity index is 2.59. The molecule has 11 heavy (non-hydrogen) atoms. The summed E-state index contributed by atoms with van der Waals surface area (Å²) in [6.07, 6.45) is 3.61. The highest BCUT2D eigenvalue weighted by atomic mass is 16.6. The van der Waals surface area contributed by atoms with Gasteiger partial charge in [-0.15, -0.1) is 6.58 Å². The SMILES string of the molecule is C=CC[C@H]1OC(=O)C=C[C@@H]1O. The highest BCUT2D eigenvalue weighted by molar-refractivity contribution is 5.83. The van der Waals surface area contributed by atoms with Crippen LogP contribution in [0.4, 0.5) is 0 Å². The van der Waals surface area contributed by atoms with Gasteiger partial charge >= 0.3 is 5.97 Å². The molecule has 0 fully saturated rings. The molecule has 0 radical (unpaired) electrons. The number of esters is 1. The van der Waals surface area contributed by atoms with Gasteiger partial charge in [0.15, 0.2) is 0 Å². The average Bonchev–Trinajstić information content (AvgIpc) is 1.98. The second kappa shape index (κ2) is 3.34. The van der Waals surface area contributed by atoms with Crippen molar-refractivity contribution in [3.63, 3.8) is 0 Å². The van der Waals surface area contributed by atoms with E-state index in [2.05, 4.69) is 6.58 Å². The Morgan fingerprint density at radius 1 is 1.82 bits per heavy atom. The molecule has 1 N–H and O–H groups in total. The Kier molecular flexibility index (Phi) is 2.44. The monoisotopic (exact) mass is 154 g/mol. The largest absolute Gasteiger partial charge is 0.456 e. The van der Waals surface area contributed by atoms with Crippen molar-refractivity contribution in [2.75, 3.05) is 0 Å². The zero-order valence-corrected chi connectivity index (χ0v) is 6.06. The summed E-state index contributed by atoms with van der Waals surface area (Å²) in [4.78, 5) is 10.6. The van der Waals surface area contributed by atoms with E-state index in [4.69, 9.17) is 4.74 Å². The normalized spacial score (nSPS) is 29.7. The number of rotatable bonds is 2. The van der Waals surface area contributed by atoms with Crippen LogP contribution in [-0.2, 0) is 9.53 Å². The van der Waals surface area contributed by atoms with Gasteiger partial charge in [0.25, 0.3) is 0 Å². The molecule has 1 heterocycles. The smallest absolute Gasteiger partial charge is 0.330 e. The number of carbonyl (C=O) groups is 1. The predicted octanol–water partition coefficient (Wildman–Crippen LogP) is 0.405. The number of ether oxygens (including phenoxy) is 1. The van der Waals surface area contributed by atoms with Crippen LogP contribution >= 0.6 is 0 Å². The van der Waals surface area contributed by atoms with Gasteiger partial charge in [0.1, 0.15) is 12.2 Å². The van der Waals surface area contributed by atoms with Gasteiger partial charge in [-0.25, -0.2) is 4.79 Å². The lowest BCUT2D eigenvalue weighted by atomic mass is 10.1. The number of aliphatic hydroxyl groups excluding tert-OH is 1. The Labute approximate surface area is 65.0 Å². The van der Waals surface area contributed by atoms with Gasteiger partial charge in [0, 0.05) is 12.5 Å². The van der Waals surface area contributed by atoms with Crippen LogP contribution in [0.5, 0.6) is 0 Å². The van der Waals surface area contributed by atoms with E-state index in [0.29, 0.717) is 6.42 Å². The van der Waals surface area contributed by atoms with E-state index in [9.17, 15) is 9.90 Å². The molecular formula is C8H10O3. The summed E-state index contributed by atoms with van der Waals surface area (Å²) in [5, 5.41) is 9.21. The summed E-state index contributed by atoms with van der Waals surface area (Å²) in [5.41, 5.74) is 0. The van der Waals surface area contributed by atoms with Crippen LogP contribution in [0.15, 0.2) is 24.8 Å². The highest BCUT2D eigenvalue weighted by Gasteiger charge is 2.22. The van der Waals surface area contributed by atoms with Crippen LogP contribution in [0, 0.1) is 0 Å². The average molecular weight is 154 g/mol. The standard InChI is InChI=1S/C8H10O3/c1-2-3-7-6(9)4-5-8(10)11-7/h2,4-7,9H,1,3H2/t6-,7+/m0/s1. The molecule has 1 aliphatic heterocycles. The summed E-state index contributed by atoms with van der Waals surface area (Å²) in [7, 11) is 0. The van der Waals surface area contributed by atoms with Crippen molar-refractivity contribution < 1.29 is 14.6 Å². The first-order chi connectivity index (χ1) is 5.24. The third kappa shape index (κ3) is 1.91. The molecule has 0 aromatic rings. The van der Waals surface area contributed by atoms with Crippen molar-refractivity contribution in [3.8, 4) is 0 Å². The lowest BCUT2D eigenvalue weighted by molar-refractivity contribution is -0.149. The fraction of sp³-hybridized carbons (Fsp3) is 0.375. The van der Waals surface area contributed by atoms with Gasteiger partial charge in [-0.2, -0.15) is 0 Å². The molecule has 2 atom stereocenters. The van der Waals surface area contributed by atoms with E-state index >= 15 is 0 Å². The van der Waals surface area contributed by atoms with Crippen LogP contribution < -0.4 is 0 Å². The molecule has 1 rings (SSSR count). The number of hydrogen-bond acceptors (Lipinski definition) is 3. The number of aliphatic hydroxyl groups is 1. The zero-order valence-electron chi connectivity index (χ0n) is 6.06. The molecule has 0 spiro atoms. The van der Waals surface area contributed by atoms with Crippen LogP contribution in [0.2, 0.25) is 0 Å². The molecule has 0 aromatic heterocycles. The van der Waals surface area contributed by atoms with Crippen LogP contribution in [-0.4, -0.2) is 23.3 Å². The molecule has 0 saturated heterocycles. The second-order valence-corrected chi connectivity index (χ2v) is 2.35. The first-order valence-electron chi connectivity index (χ1n) is 3.42. The fourth-order valence-electron chi connectivity index (χ4n) is 0.911. The molecular weight excluding hydrogens is 144 g/mol. The highest BCUT2D eigenvalue weighted by Crippen LogP contribution is 2.11. The molecule has 0 saturated carbocycles. The van der Waals surface area contributed by atoms with Crippen molar-refractivity contribution in [2.45, 2.75) is 18.6 Å². The molecule has 0 amide bonds. The van der Waals surface area contributed by atoms with Crippen molar-refractivity contribution in [1.82, 2.24) is 0 Å². The Bertz CT molecular complexity index is 196. The van der Waals surface area contributed by atoms with Crippen molar-refractivity contribution >= 4 is 5.97 Å². The molecule has 0 bridgehead atoms. The fourth-order valence-corrected chi connectivity index (χ4v) is 0.911. The Morgan fingerprint density at radius 2 is 2.55 bits per heavy atom. The van der Waals surface area contributed by atoms with E-state index in [0.717, 1.165) is 0 Å². The zero-order chi connectivity index (χ0) is 8.27. The maximum absolute atomic E-state index is 10.6. The predicted molar refractivity (Wildman–Crippen MR) is 39.8 cm³/mol. The first-order valence-corrected chi connectivity index (χ1v) is 3.42. The van der Waals surface area contributed by atoms with Crippen molar-refractivity contribution in [2.24, 2.45) is 0 Å². The van der Waals surface area contributed by atoms with Gasteiger partial charge in [-0.1, -0.05) is 6.08 Å². The van der Waals surface area contributed by atoms with E-state index in [-0.39, 0.29) is 0 Å². The summed E-state index contributed by atoms with van der Waals surface area (Å²) in [5.74, 6) is -0.401. The number of hydrogen-bond donors (Lipinski definition) is 1. The minimum absolute atomic E-state index is 0.401. The number of cyclic esters (lactones) is 1. The summed E-state index contributed by atoms with van der Waals surface area (Å²) < 4.78 is 4.79. The maximum Gasteiger partial charge on any atom is 0.330 e. The van der Waals surface area contributed by atoms with Crippen LogP contribution in [0.3, 0.4) is 0 Å². The van der Waals surface area contributed by atoms with Gasteiger partial charge in [-0.3, -0.25) is 0 Å². The van der Waals surface area contributed by atoms with Gasteiger partial charge in [-0.05, 0) is 6.08 Å². The van der Waals surface area contributed by atoms with Gasteiger partial charge in [0.2, 0.25) is 0 Å². The minimum atomic E-state index is -0.689. The topological polar surface area (TPSA) is 46.5 Å². The van der Waals surface area contributed by atoms with E-state index in [1.165, 1.54) is 12.2 Å².